The highest BCUT2D eigenvalue weighted by Crippen LogP contribution is 2.37. The quantitative estimate of drug-likeness (QED) is 0.550. The van der Waals surface area contributed by atoms with E-state index < -0.39 is 5.51 Å². The van der Waals surface area contributed by atoms with Gasteiger partial charge in [-0.2, -0.15) is 13.2 Å². The molecule has 0 unspecified atom stereocenters. The van der Waals surface area contributed by atoms with E-state index in [1.54, 1.807) is 0 Å². The molecule has 78 valence electrons. The van der Waals surface area contributed by atoms with Crippen molar-refractivity contribution < 1.29 is 13.2 Å². The van der Waals surface area contributed by atoms with Crippen LogP contribution in [0.2, 0.25) is 0 Å². The lowest BCUT2D eigenvalue weighted by Gasteiger charge is -2.07. The Morgan fingerprint density at radius 2 is 2.14 bits per heavy atom. The van der Waals surface area contributed by atoms with Crippen LogP contribution in [0, 0.1) is 0 Å². The van der Waals surface area contributed by atoms with Crippen LogP contribution >= 0.6 is 24.6 Å². The summed E-state index contributed by atoms with van der Waals surface area (Å²) < 4.78 is 38.1. The molecule has 0 aromatic carbocycles. The van der Waals surface area contributed by atoms with Gasteiger partial charge in [0.15, 0.2) is 5.82 Å². The minimum absolute atomic E-state index is 0.0534. The molecule has 1 heterocycles. The summed E-state index contributed by atoms with van der Waals surface area (Å²) in [5, 5.41) is 0. The molecule has 0 aliphatic heterocycles. The molecule has 3 nitrogen and oxygen atoms in total. The summed E-state index contributed by atoms with van der Waals surface area (Å²) in [5.41, 5.74) is 1.19. The maximum Gasteiger partial charge on any atom is 0.446 e. The molecule has 8 heteroatoms. The number of nitrogens with two attached hydrogens (primary N) is 1. The Bertz CT molecular complexity index is 329. The summed E-state index contributed by atoms with van der Waals surface area (Å²) in [7, 11) is 0. The van der Waals surface area contributed by atoms with Crippen molar-refractivity contribution in [1.29, 1.82) is 0 Å². The molecule has 0 saturated carbocycles. The molecule has 0 bridgehead atoms. The highest BCUT2D eigenvalue weighted by atomic mass is 32.2. The number of nitrogen functional groups attached to an aromatic ring is 1. The number of halogens is 3. The zero-order valence-corrected chi connectivity index (χ0v) is 8.38. The van der Waals surface area contributed by atoms with Gasteiger partial charge in [-0.1, -0.05) is 12.8 Å². The van der Waals surface area contributed by atoms with Gasteiger partial charge in [-0.3, -0.25) is 0 Å². The van der Waals surface area contributed by atoms with Crippen molar-refractivity contribution in [2.45, 2.75) is 10.4 Å². The number of thioether (sulfide) groups is 1. The van der Waals surface area contributed by atoms with Crippen LogP contribution in [0.4, 0.5) is 24.7 Å². The first-order chi connectivity index (χ1) is 6.42. The number of hydrogen-bond acceptors (Lipinski definition) is 5. The monoisotopic (exact) mass is 241 g/mol. The van der Waals surface area contributed by atoms with Crippen LogP contribution in [0.3, 0.4) is 0 Å². The Labute approximate surface area is 87.8 Å². The maximum atomic E-state index is 11.9. The lowest BCUT2D eigenvalue weighted by Crippen LogP contribution is -2.01. The fraction of sp³-hybridized carbons (Fsp3) is 0.167. The van der Waals surface area contributed by atoms with Crippen molar-refractivity contribution in [2.24, 2.45) is 0 Å². The van der Waals surface area contributed by atoms with E-state index in [1.807, 2.05) is 0 Å². The van der Waals surface area contributed by atoms with E-state index >= 15 is 0 Å². The minimum atomic E-state index is -4.33. The average molecular weight is 241 g/mol. The van der Waals surface area contributed by atoms with E-state index in [0.717, 1.165) is 6.20 Å². The maximum absolute atomic E-state index is 11.9. The number of pyridine rings is 1. The Morgan fingerprint density at radius 1 is 1.50 bits per heavy atom. The summed E-state index contributed by atoms with van der Waals surface area (Å²) >= 11 is 3.42. The van der Waals surface area contributed by atoms with Crippen LogP contribution in [0.1, 0.15) is 0 Å². The van der Waals surface area contributed by atoms with E-state index in [0.29, 0.717) is 0 Å². The minimum Gasteiger partial charge on any atom is -0.396 e. The molecule has 0 aliphatic carbocycles. The van der Waals surface area contributed by atoms with Gasteiger partial charge in [0.05, 0.1) is 5.69 Å². The Hall–Kier alpha value is -0.760. The van der Waals surface area contributed by atoms with E-state index in [1.165, 1.54) is 6.07 Å². The van der Waals surface area contributed by atoms with Crippen molar-refractivity contribution in [3.05, 3.63) is 12.3 Å². The molecule has 0 radical (unpaired) electrons. The predicted octanol–water partition coefficient (Wildman–Crippen LogP) is 2.53. The zero-order valence-electron chi connectivity index (χ0n) is 6.67. The Morgan fingerprint density at radius 3 is 2.57 bits per heavy atom. The van der Waals surface area contributed by atoms with Gasteiger partial charge in [-0.05, 0) is 17.8 Å². The molecule has 1 aromatic heterocycles. The highest BCUT2D eigenvalue weighted by Gasteiger charge is 2.29. The number of hydrogen-bond donors (Lipinski definition) is 3. The van der Waals surface area contributed by atoms with Gasteiger partial charge in [0.2, 0.25) is 0 Å². The van der Waals surface area contributed by atoms with Gasteiger partial charge in [0.1, 0.15) is 0 Å². The van der Waals surface area contributed by atoms with Crippen LogP contribution < -0.4 is 10.5 Å². The second kappa shape index (κ2) is 4.18. The highest BCUT2D eigenvalue weighted by molar-refractivity contribution is 8.00. The molecule has 0 saturated heterocycles. The predicted molar refractivity (Wildman–Crippen MR) is 53.2 cm³/mol. The second-order valence-corrected chi connectivity index (χ2v) is 3.63. The van der Waals surface area contributed by atoms with Crippen molar-refractivity contribution in [3.63, 3.8) is 0 Å². The number of thiol groups is 1. The summed E-state index contributed by atoms with van der Waals surface area (Å²) in [4.78, 5) is 3.59. The number of nitrogens with one attached hydrogen (secondary N) is 1. The van der Waals surface area contributed by atoms with Gasteiger partial charge in [-0.15, -0.1) is 0 Å². The third-order valence-electron chi connectivity index (χ3n) is 1.23. The van der Waals surface area contributed by atoms with E-state index in [9.17, 15) is 13.2 Å². The van der Waals surface area contributed by atoms with Gasteiger partial charge in [-0.25, -0.2) is 4.98 Å². The number of anilines is 2. The molecule has 14 heavy (non-hydrogen) atoms. The van der Waals surface area contributed by atoms with Crippen LogP contribution in [-0.2, 0) is 0 Å². The van der Waals surface area contributed by atoms with Crippen molar-refractivity contribution >= 4 is 36.1 Å². The first-order valence-electron chi connectivity index (χ1n) is 3.34. The number of nitrogens with zero attached hydrogens (tertiary/aromatic N) is 1. The van der Waals surface area contributed by atoms with E-state index in [-0.39, 0.29) is 28.2 Å². The lowest BCUT2D eigenvalue weighted by molar-refractivity contribution is -0.0328. The molecule has 1 aromatic rings. The molecular weight excluding hydrogens is 235 g/mol. The van der Waals surface area contributed by atoms with E-state index in [2.05, 4.69) is 22.5 Å². The summed E-state index contributed by atoms with van der Waals surface area (Å²) in [5.74, 6) is 0.236. The molecule has 0 atom stereocenters. The van der Waals surface area contributed by atoms with Crippen molar-refractivity contribution in [3.8, 4) is 0 Å². The SMILES string of the molecule is Nc1cc(SC(F)(F)F)cnc1NS. The molecule has 0 spiro atoms. The van der Waals surface area contributed by atoms with Crippen LogP contribution in [0.15, 0.2) is 17.2 Å². The van der Waals surface area contributed by atoms with Gasteiger partial charge in [0.25, 0.3) is 0 Å². The Balaban J connectivity index is 2.87. The first-order valence-corrected chi connectivity index (χ1v) is 4.60. The molecule has 1 rings (SSSR count). The average Bonchev–Trinajstić information content (AvgIpc) is 2.01. The van der Waals surface area contributed by atoms with Crippen molar-refractivity contribution in [2.75, 3.05) is 10.5 Å². The smallest absolute Gasteiger partial charge is 0.396 e. The molecule has 0 fully saturated rings. The third kappa shape index (κ3) is 3.18. The number of aromatic nitrogens is 1. The van der Waals surface area contributed by atoms with Crippen LogP contribution in [0.25, 0.3) is 0 Å². The summed E-state index contributed by atoms with van der Waals surface area (Å²) in [6.07, 6.45) is 1.08. The molecular formula is C6H6F3N3S2. The Kier molecular flexibility index (Phi) is 3.38. The van der Waals surface area contributed by atoms with Gasteiger partial charge >= 0.3 is 5.51 Å². The molecule has 0 aliphatic rings. The van der Waals surface area contributed by atoms with E-state index in [4.69, 9.17) is 5.73 Å². The van der Waals surface area contributed by atoms with Crippen LogP contribution in [-0.4, -0.2) is 10.5 Å². The van der Waals surface area contributed by atoms with Crippen LogP contribution in [0.5, 0.6) is 0 Å². The molecule has 0 amide bonds. The number of rotatable bonds is 2. The standard InChI is InChI=1S/C6H6F3N3S2/c7-6(8,9)14-3-1-4(10)5(12-13)11-2-3/h1-2,13H,10H2,(H,11,12). The fourth-order valence-corrected chi connectivity index (χ4v) is 1.49. The third-order valence-corrected chi connectivity index (χ3v) is 2.13. The summed E-state index contributed by atoms with van der Waals surface area (Å²) in [6, 6.07) is 1.18. The zero-order chi connectivity index (χ0) is 10.8. The largest absolute Gasteiger partial charge is 0.446 e. The fourth-order valence-electron chi connectivity index (χ4n) is 0.744. The normalized spacial score (nSPS) is 11.4. The molecule has 3 N–H and O–H groups in total. The lowest BCUT2D eigenvalue weighted by atomic mass is 10.4. The number of alkyl halides is 3. The van der Waals surface area contributed by atoms with Gasteiger partial charge < -0.3 is 10.5 Å². The van der Waals surface area contributed by atoms with Gasteiger partial charge in [0, 0.05) is 11.1 Å². The summed E-state index contributed by atoms with van der Waals surface area (Å²) in [6.45, 7) is 0. The second-order valence-electron chi connectivity index (χ2n) is 2.27. The van der Waals surface area contributed by atoms with Crippen molar-refractivity contribution in [1.82, 2.24) is 4.98 Å². The first kappa shape index (κ1) is 11.3. The topological polar surface area (TPSA) is 50.9 Å².